The highest BCUT2D eigenvalue weighted by Crippen LogP contribution is 2.67. The van der Waals surface area contributed by atoms with Crippen molar-refractivity contribution in [1.82, 2.24) is 0 Å². The second kappa shape index (κ2) is 8.78. The topological polar surface area (TPSA) is 61.8 Å². The van der Waals surface area contributed by atoms with Crippen LogP contribution >= 0.6 is 0 Å². The largest absolute Gasteiger partial charge is 0.462 e. The van der Waals surface area contributed by atoms with E-state index in [0.29, 0.717) is 23.7 Å². The van der Waals surface area contributed by atoms with E-state index in [1.165, 1.54) is 18.8 Å². The molecule has 184 valence electrons. The average Bonchev–Trinajstić information content (AvgIpc) is 3.10. The number of fused-ring (bicyclic) bond motifs is 5. The van der Waals surface area contributed by atoms with Crippen molar-refractivity contribution in [3.63, 3.8) is 0 Å². The van der Waals surface area contributed by atoms with Crippen molar-refractivity contribution in [3.8, 4) is 0 Å². The van der Waals surface area contributed by atoms with Gasteiger partial charge in [-0.1, -0.05) is 32.4 Å². The van der Waals surface area contributed by atoms with E-state index in [-0.39, 0.29) is 41.2 Å². The maximum Gasteiger partial charge on any atom is 0.302 e. The first-order chi connectivity index (χ1) is 15.8. The van der Waals surface area contributed by atoms with Crippen molar-refractivity contribution >= 4 is 12.3 Å². The number of rotatable bonds is 4. The number of carbonyl (C=O) groups excluding carboxylic acids is 2. The third-order valence-electron chi connectivity index (χ3n) is 10.4. The minimum Gasteiger partial charge on any atom is -0.462 e. The zero-order valence-corrected chi connectivity index (χ0v) is 20.9. The Balaban J connectivity index is 1.42. The summed E-state index contributed by atoms with van der Waals surface area (Å²) in [4.78, 5) is 24.8. The lowest BCUT2D eigenvalue weighted by Crippen LogP contribution is -2.58. The maximum atomic E-state index is 13.0. The van der Waals surface area contributed by atoms with Crippen molar-refractivity contribution in [1.29, 1.82) is 0 Å². The molecule has 3 saturated carbocycles. The Bertz CT molecular complexity index is 800. The molecule has 0 amide bonds. The van der Waals surface area contributed by atoms with Crippen molar-refractivity contribution < 1.29 is 23.8 Å². The van der Waals surface area contributed by atoms with Crippen molar-refractivity contribution in [2.75, 3.05) is 6.61 Å². The van der Waals surface area contributed by atoms with E-state index in [1.807, 2.05) is 0 Å². The average molecular weight is 459 g/mol. The summed E-state index contributed by atoms with van der Waals surface area (Å²) in [6.07, 6.45) is 12.8. The van der Waals surface area contributed by atoms with Crippen LogP contribution in [-0.2, 0) is 23.8 Å². The standard InChI is InChI=1S/C28H42O5/c1-17-13-20-15-21(33-25-7-5-6-12-31-25)14-18(2)28(20,16-29)23-10-11-27(4)22(26(17)23)8-9-24(27)32-19(3)30/h15-18,21-26H,5-14H2,1-4H3/t17-,18+,21+,22+,23+,24+,25?,26+,27+,28+/m1/s1. The first-order valence-corrected chi connectivity index (χ1v) is 13.4. The Kier molecular flexibility index (Phi) is 6.27. The van der Waals surface area contributed by atoms with Crippen LogP contribution in [0.2, 0.25) is 0 Å². The van der Waals surface area contributed by atoms with Gasteiger partial charge in [0.05, 0.1) is 11.5 Å². The number of allylic oxidation sites excluding steroid dienone is 1. The van der Waals surface area contributed by atoms with Crippen LogP contribution in [0, 0.1) is 40.4 Å². The molecule has 5 nitrogen and oxygen atoms in total. The normalized spacial score (nSPS) is 49.3. The van der Waals surface area contributed by atoms with Gasteiger partial charge >= 0.3 is 5.97 Å². The Morgan fingerprint density at radius 1 is 1.15 bits per heavy atom. The number of esters is 1. The van der Waals surface area contributed by atoms with Gasteiger partial charge in [-0.25, -0.2) is 0 Å². The highest BCUT2D eigenvalue weighted by atomic mass is 16.7. The van der Waals surface area contributed by atoms with Crippen LogP contribution in [-0.4, -0.2) is 37.4 Å². The number of hydrogen-bond acceptors (Lipinski definition) is 5. The molecule has 0 radical (unpaired) electrons. The summed E-state index contributed by atoms with van der Waals surface area (Å²) in [5.74, 6) is 2.02. The van der Waals surface area contributed by atoms with E-state index in [4.69, 9.17) is 14.2 Å². The number of carbonyl (C=O) groups is 2. The fourth-order valence-electron chi connectivity index (χ4n) is 8.91. The molecule has 0 aromatic carbocycles. The summed E-state index contributed by atoms with van der Waals surface area (Å²) in [6, 6.07) is 0. The molecule has 5 aliphatic rings. The molecule has 1 unspecified atom stereocenters. The summed E-state index contributed by atoms with van der Waals surface area (Å²) in [5.41, 5.74) is 0.989. The first kappa shape index (κ1) is 23.5. The van der Waals surface area contributed by atoms with Crippen LogP contribution in [0.1, 0.15) is 85.5 Å². The van der Waals surface area contributed by atoms with Crippen molar-refractivity contribution in [2.45, 2.75) is 104 Å². The molecule has 4 aliphatic carbocycles. The van der Waals surface area contributed by atoms with Gasteiger partial charge in [0.15, 0.2) is 6.29 Å². The lowest BCUT2D eigenvalue weighted by molar-refractivity contribution is -0.188. The molecule has 0 aromatic heterocycles. The summed E-state index contributed by atoms with van der Waals surface area (Å²) in [7, 11) is 0. The van der Waals surface area contributed by atoms with Crippen LogP contribution in [0.3, 0.4) is 0 Å². The third-order valence-corrected chi connectivity index (χ3v) is 10.4. The minimum atomic E-state index is -0.370. The highest BCUT2D eigenvalue weighted by Gasteiger charge is 2.64. The molecule has 1 heterocycles. The van der Waals surface area contributed by atoms with E-state index in [0.717, 1.165) is 64.4 Å². The van der Waals surface area contributed by atoms with E-state index in [9.17, 15) is 9.59 Å². The quantitative estimate of drug-likeness (QED) is 0.318. The Morgan fingerprint density at radius 3 is 2.67 bits per heavy atom. The smallest absolute Gasteiger partial charge is 0.302 e. The predicted molar refractivity (Wildman–Crippen MR) is 125 cm³/mol. The van der Waals surface area contributed by atoms with Crippen molar-refractivity contribution in [2.24, 2.45) is 40.4 Å². The molecule has 1 aliphatic heterocycles. The highest BCUT2D eigenvalue weighted by molar-refractivity contribution is 5.68. The second-order valence-corrected chi connectivity index (χ2v) is 12.0. The maximum absolute atomic E-state index is 13.0. The molecule has 0 N–H and O–H groups in total. The van der Waals surface area contributed by atoms with Crippen LogP contribution in [0.4, 0.5) is 0 Å². The summed E-state index contributed by atoms with van der Waals surface area (Å²) < 4.78 is 18.1. The first-order valence-electron chi connectivity index (χ1n) is 13.4. The molecule has 5 rings (SSSR count). The molecular formula is C28H42O5. The lowest BCUT2D eigenvalue weighted by Gasteiger charge is -2.61. The molecule has 33 heavy (non-hydrogen) atoms. The molecule has 0 bridgehead atoms. The molecular weight excluding hydrogens is 416 g/mol. The molecule has 10 atom stereocenters. The second-order valence-electron chi connectivity index (χ2n) is 12.0. The van der Waals surface area contributed by atoms with Gasteiger partial charge in [0.1, 0.15) is 12.4 Å². The number of aldehydes is 1. The summed E-state index contributed by atoms with van der Waals surface area (Å²) >= 11 is 0. The predicted octanol–water partition coefficient (Wildman–Crippen LogP) is 5.46. The SMILES string of the molecule is CC(=O)O[C@H]1CC[C@H]2[C@@H]3[C@H](C)CC4=C[C@@H](OC5CCCCO5)C[C@H](C)[C@]4(C=O)[C@H]3CC[C@]12C. The number of ether oxygens (including phenoxy) is 3. The van der Waals surface area contributed by atoms with Gasteiger partial charge in [0, 0.05) is 18.9 Å². The van der Waals surface area contributed by atoms with Gasteiger partial charge in [0.2, 0.25) is 0 Å². The molecule has 4 fully saturated rings. The van der Waals surface area contributed by atoms with Crippen LogP contribution in [0.5, 0.6) is 0 Å². The van der Waals surface area contributed by atoms with Crippen LogP contribution in [0.15, 0.2) is 11.6 Å². The van der Waals surface area contributed by atoms with Crippen LogP contribution < -0.4 is 0 Å². The number of hydrogen-bond donors (Lipinski definition) is 0. The fraction of sp³-hybridized carbons (Fsp3) is 0.857. The zero-order chi connectivity index (χ0) is 23.4. The minimum absolute atomic E-state index is 0.0225. The lowest BCUT2D eigenvalue weighted by atomic mass is 9.43. The van der Waals surface area contributed by atoms with E-state index in [1.54, 1.807) is 0 Å². The van der Waals surface area contributed by atoms with Gasteiger partial charge in [-0.05, 0) is 87.4 Å². The van der Waals surface area contributed by atoms with Gasteiger partial charge in [-0.3, -0.25) is 4.79 Å². The zero-order valence-electron chi connectivity index (χ0n) is 20.9. The summed E-state index contributed by atoms with van der Waals surface area (Å²) in [6.45, 7) is 9.33. The summed E-state index contributed by atoms with van der Waals surface area (Å²) in [5, 5.41) is 0. The van der Waals surface area contributed by atoms with Crippen molar-refractivity contribution in [3.05, 3.63) is 11.6 Å². The van der Waals surface area contributed by atoms with Gasteiger partial charge in [-0.2, -0.15) is 0 Å². The van der Waals surface area contributed by atoms with Gasteiger partial charge in [0.25, 0.3) is 0 Å². The molecule has 5 heteroatoms. The van der Waals surface area contributed by atoms with E-state index >= 15 is 0 Å². The van der Waals surface area contributed by atoms with Gasteiger partial charge < -0.3 is 19.0 Å². The van der Waals surface area contributed by atoms with E-state index < -0.39 is 0 Å². The third kappa shape index (κ3) is 3.73. The Hall–Kier alpha value is -1.20. The fourth-order valence-corrected chi connectivity index (χ4v) is 8.91. The molecule has 0 spiro atoms. The van der Waals surface area contributed by atoms with Crippen LogP contribution in [0.25, 0.3) is 0 Å². The molecule has 0 aromatic rings. The van der Waals surface area contributed by atoms with Gasteiger partial charge in [-0.15, -0.1) is 0 Å². The van der Waals surface area contributed by atoms with E-state index in [2.05, 4.69) is 26.8 Å². The monoisotopic (exact) mass is 458 g/mol. The molecule has 1 saturated heterocycles. The Morgan fingerprint density at radius 2 is 1.97 bits per heavy atom. The Labute approximate surface area is 199 Å².